The van der Waals surface area contributed by atoms with Crippen LogP contribution in [-0.2, 0) is 14.3 Å². The molecule has 4 aromatic rings. The number of Topliss-reactive ketones (excluding diaryl/α,β-unsaturated/α-hetero) is 1. The molecule has 1 aliphatic heterocycles. The van der Waals surface area contributed by atoms with Crippen LogP contribution in [0.2, 0.25) is 0 Å². The van der Waals surface area contributed by atoms with Gasteiger partial charge in [0.25, 0.3) is 0 Å². The molecule has 1 aliphatic rings. The number of carbonyl (C=O) groups is 2. The van der Waals surface area contributed by atoms with E-state index >= 15 is 0 Å². The average Bonchev–Trinajstić information content (AvgIpc) is 3.40. The number of carboxylic acids is 1. The van der Waals surface area contributed by atoms with Crippen LogP contribution in [0.15, 0.2) is 66.1 Å². The summed E-state index contributed by atoms with van der Waals surface area (Å²) in [4.78, 5) is 31.5. The van der Waals surface area contributed by atoms with E-state index in [9.17, 15) is 14.7 Å². The molecule has 142 valence electrons. The second kappa shape index (κ2) is 6.34. The van der Waals surface area contributed by atoms with Gasteiger partial charge in [0.1, 0.15) is 5.65 Å². The molecule has 4 N–H and O–H groups in total. The Labute approximate surface area is 162 Å². The molecule has 0 atom stereocenters. The maximum Gasteiger partial charge on any atom is 0.345 e. The molecule has 0 saturated heterocycles. The molecule has 5 rings (SSSR count). The highest BCUT2D eigenvalue weighted by Gasteiger charge is 2.36. The monoisotopic (exact) mass is 387 g/mol. The number of aromatic nitrogens is 4. The Morgan fingerprint density at radius 1 is 1.28 bits per heavy atom. The van der Waals surface area contributed by atoms with Crippen molar-refractivity contribution in [3.8, 4) is 0 Å². The summed E-state index contributed by atoms with van der Waals surface area (Å²) >= 11 is 0. The maximum atomic E-state index is 12.7. The SMILES string of the molecule is O=C(O)C1=C(Nc2ccc3[nH]ncc3c2)O/C(=C\c2c[nH]c3ncccc23)C1=O. The van der Waals surface area contributed by atoms with Crippen molar-refractivity contribution in [3.63, 3.8) is 0 Å². The second-order valence-electron chi connectivity index (χ2n) is 6.39. The van der Waals surface area contributed by atoms with Crippen LogP contribution in [0, 0.1) is 0 Å². The third kappa shape index (κ3) is 2.81. The van der Waals surface area contributed by atoms with Gasteiger partial charge in [-0.05, 0) is 36.4 Å². The van der Waals surface area contributed by atoms with Gasteiger partial charge in [-0.3, -0.25) is 9.89 Å². The van der Waals surface area contributed by atoms with E-state index < -0.39 is 17.3 Å². The topological polar surface area (TPSA) is 133 Å². The number of nitrogens with zero attached hydrogens (tertiary/aromatic N) is 2. The smallest absolute Gasteiger partial charge is 0.345 e. The average molecular weight is 387 g/mol. The molecular formula is C20H13N5O4. The van der Waals surface area contributed by atoms with Crippen molar-refractivity contribution in [1.82, 2.24) is 20.2 Å². The van der Waals surface area contributed by atoms with E-state index in [1.165, 1.54) is 6.08 Å². The summed E-state index contributed by atoms with van der Waals surface area (Å²) in [6.45, 7) is 0. The van der Waals surface area contributed by atoms with Gasteiger partial charge in [-0.2, -0.15) is 5.10 Å². The predicted octanol–water partition coefficient (Wildman–Crippen LogP) is 2.79. The lowest BCUT2D eigenvalue weighted by Gasteiger charge is -2.08. The molecule has 0 spiro atoms. The minimum absolute atomic E-state index is 0.0842. The van der Waals surface area contributed by atoms with E-state index in [2.05, 4.69) is 25.5 Å². The number of hydrogen-bond donors (Lipinski definition) is 4. The molecule has 0 radical (unpaired) electrons. The number of rotatable bonds is 4. The first kappa shape index (κ1) is 16.8. The van der Waals surface area contributed by atoms with Gasteiger partial charge in [-0.15, -0.1) is 0 Å². The summed E-state index contributed by atoms with van der Waals surface area (Å²) in [6.07, 6.45) is 6.47. The van der Waals surface area contributed by atoms with Crippen molar-refractivity contribution in [3.05, 3.63) is 71.7 Å². The van der Waals surface area contributed by atoms with Gasteiger partial charge >= 0.3 is 5.97 Å². The number of H-pyrrole nitrogens is 2. The first-order valence-electron chi connectivity index (χ1n) is 8.64. The van der Waals surface area contributed by atoms with Crippen molar-refractivity contribution in [2.45, 2.75) is 0 Å². The van der Waals surface area contributed by atoms with E-state index in [1.807, 2.05) is 6.07 Å². The minimum Gasteiger partial charge on any atom is -0.477 e. The van der Waals surface area contributed by atoms with E-state index in [0.717, 1.165) is 16.3 Å². The van der Waals surface area contributed by atoms with Crippen LogP contribution in [0.1, 0.15) is 5.56 Å². The summed E-state index contributed by atoms with van der Waals surface area (Å²) in [7, 11) is 0. The fraction of sp³-hybridized carbons (Fsp3) is 0. The summed E-state index contributed by atoms with van der Waals surface area (Å²) in [6, 6.07) is 8.91. The van der Waals surface area contributed by atoms with Crippen molar-refractivity contribution < 1.29 is 19.4 Å². The number of pyridine rings is 1. The summed E-state index contributed by atoms with van der Waals surface area (Å²) in [5, 5.41) is 20.8. The third-order valence-corrected chi connectivity index (χ3v) is 4.57. The van der Waals surface area contributed by atoms with E-state index in [0.29, 0.717) is 16.9 Å². The number of aliphatic carboxylic acids is 1. The van der Waals surface area contributed by atoms with E-state index in [1.54, 1.807) is 42.9 Å². The number of benzene rings is 1. The molecule has 3 aromatic heterocycles. The number of hydrogen-bond acceptors (Lipinski definition) is 6. The van der Waals surface area contributed by atoms with E-state index in [-0.39, 0.29) is 11.6 Å². The highest BCUT2D eigenvalue weighted by Crippen LogP contribution is 2.30. The third-order valence-electron chi connectivity index (χ3n) is 4.57. The van der Waals surface area contributed by atoms with Gasteiger partial charge in [-0.1, -0.05) is 0 Å². The van der Waals surface area contributed by atoms with Gasteiger partial charge in [0.2, 0.25) is 11.7 Å². The van der Waals surface area contributed by atoms with Crippen molar-refractivity contribution >= 4 is 45.5 Å². The summed E-state index contributed by atoms with van der Waals surface area (Å²) in [5.41, 5.74) is 2.27. The quantitative estimate of drug-likeness (QED) is 0.312. The van der Waals surface area contributed by atoms with Crippen molar-refractivity contribution in [2.75, 3.05) is 5.32 Å². The zero-order valence-electron chi connectivity index (χ0n) is 14.8. The molecule has 0 unspecified atom stereocenters. The van der Waals surface area contributed by atoms with Crippen LogP contribution in [-0.4, -0.2) is 37.0 Å². The summed E-state index contributed by atoms with van der Waals surface area (Å²) < 4.78 is 5.61. The molecule has 0 aliphatic carbocycles. The predicted molar refractivity (Wildman–Crippen MR) is 105 cm³/mol. The number of ketones is 1. The zero-order valence-corrected chi connectivity index (χ0v) is 14.8. The van der Waals surface area contributed by atoms with Crippen molar-refractivity contribution in [2.24, 2.45) is 0 Å². The second-order valence-corrected chi connectivity index (χ2v) is 6.39. The number of carboxylic acid groups (broad SMARTS) is 1. The molecule has 29 heavy (non-hydrogen) atoms. The summed E-state index contributed by atoms with van der Waals surface area (Å²) in [5.74, 6) is -2.29. The van der Waals surface area contributed by atoms with Gasteiger partial charge in [-0.25, -0.2) is 9.78 Å². The van der Waals surface area contributed by atoms with Crippen molar-refractivity contribution in [1.29, 1.82) is 0 Å². The Hall–Kier alpha value is -4.40. The minimum atomic E-state index is -1.37. The number of allylic oxidation sites excluding steroid dienone is 1. The Balaban J connectivity index is 1.50. The Bertz CT molecular complexity index is 1360. The van der Waals surface area contributed by atoms with Crippen LogP contribution in [0.5, 0.6) is 0 Å². The fourth-order valence-electron chi connectivity index (χ4n) is 3.20. The standard InChI is InChI=1S/C20H13N5O4/c26-17-15(7-10-8-22-18-13(10)2-1-5-21-18)29-19(16(17)20(27)28)24-12-3-4-14-11(6-12)9-23-25-14/h1-9,24H,(H,21,22)(H,23,25)(H,27,28)/b15-7-. The first-order valence-corrected chi connectivity index (χ1v) is 8.64. The Kier molecular flexibility index (Phi) is 3.66. The fourth-order valence-corrected chi connectivity index (χ4v) is 3.20. The molecule has 9 nitrogen and oxygen atoms in total. The number of carbonyl (C=O) groups excluding carboxylic acids is 1. The number of anilines is 1. The number of fused-ring (bicyclic) bond motifs is 2. The lowest BCUT2D eigenvalue weighted by atomic mass is 10.1. The molecule has 1 aromatic carbocycles. The number of ether oxygens (including phenoxy) is 1. The normalized spacial score (nSPS) is 15.4. The molecule has 0 fully saturated rings. The number of nitrogens with one attached hydrogen (secondary N) is 3. The lowest BCUT2D eigenvalue weighted by molar-refractivity contribution is -0.134. The van der Waals surface area contributed by atoms with Gasteiger partial charge in [0.15, 0.2) is 11.3 Å². The van der Waals surface area contributed by atoms with Crippen LogP contribution in [0.3, 0.4) is 0 Å². The van der Waals surface area contributed by atoms with Crippen LogP contribution < -0.4 is 5.32 Å². The highest BCUT2D eigenvalue weighted by molar-refractivity contribution is 6.26. The molecule has 4 heterocycles. The molecule has 9 heteroatoms. The largest absolute Gasteiger partial charge is 0.477 e. The zero-order chi connectivity index (χ0) is 20.0. The lowest BCUT2D eigenvalue weighted by Crippen LogP contribution is -2.12. The molecular weight excluding hydrogens is 374 g/mol. The molecule has 0 bridgehead atoms. The van der Waals surface area contributed by atoms with Crippen LogP contribution in [0.4, 0.5) is 5.69 Å². The van der Waals surface area contributed by atoms with Crippen LogP contribution in [0.25, 0.3) is 28.0 Å². The van der Waals surface area contributed by atoms with Gasteiger partial charge < -0.3 is 20.1 Å². The first-order chi connectivity index (χ1) is 14.1. The number of aromatic amines is 2. The maximum absolute atomic E-state index is 12.7. The van der Waals surface area contributed by atoms with Crippen LogP contribution >= 0.6 is 0 Å². The highest BCUT2D eigenvalue weighted by atomic mass is 16.5. The Morgan fingerprint density at radius 2 is 2.17 bits per heavy atom. The molecule has 0 saturated carbocycles. The molecule has 0 amide bonds. The van der Waals surface area contributed by atoms with Gasteiger partial charge in [0.05, 0.1) is 11.7 Å². The Morgan fingerprint density at radius 3 is 3.03 bits per heavy atom. The van der Waals surface area contributed by atoms with E-state index in [4.69, 9.17) is 4.74 Å². The van der Waals surface area contributed by atoms with Gasteiger partial charge in [0, 0.05) is 34.4 Å².